The van der Waals surface area contributed by atoms with Crippen molar-refractivity contribution >= 4 is 17.5 Å². The van der Waals surface area contributed by atoms with Gasteiger partial charge in [0.1, 0.15) is 18.8 Å². The van der Waals surface area contributed by atoms with Gasteiger partial charge in [-0.05, 0) is 81.1 Å². The molecule has 1 saturated heterocycles. The van der Waals surface area contributed by atoms with Crippen LogP contribution in [-0.2, 0) is 33.3 Å². The standard InChI is InChI=1S/C30H42O10/c1-14-9-21(37-4)24(33)27(39-14)40-16-5-7-28(2)18(11-16)20(31)12-19-23(28)25(34)26(35)29(3)17(6-8-30(19,29)36)15-10-22(32)38-13-15/h10,14,16-21,23,25,27,31,34,36H,5-9,11-13H2,1-4H3/t14-,16-,17+,18+,19+,20-,21+,23+,25-,27-,28-,29-,30+/m0/s1. The Morgan fingerprint density at radius 1 is 1.02 bits per heavy atom. The number of ketones is 2. The summed E-state index contributed by atoms with van der Waals surface area (Å²) in [5.41, 5.74) is -2.66. The lowest BCUT2D eigenvalue weighted by molar-refractivity contribution is -0.259. The second-order valence-corrected chi connectivity index (χ2v) is 13.6. The average molecular weight is 563 g/mol. The van der Waals surface area contributed by atoms with Crippen molar-refractivity contribution in [2.75, 3.05) is 13.7 Å². The van der Waals surface area contributed by atoms with Crippen LogP contribution in [0.15, 0.2) is 11.6 Å². The zero-order chi connectivity index (χ0) is 28.8. The number of aliphatic hydroxyl groups excluding tert-OH is 2. The van der Waals surface area contributed by atoms with Crippen molar-refractivity contribution in [3.63, 3.8) is 0 Å². The van der Waals surface area contributed by atoms with Gasteiger partial charge in [-0.25, -0.2) is 4.79 Å². The molecular formula is C30H42O10. The molecule has 2 heterocycles. The first kappa shape index (κ1) is 28.4. The predicted molar refractivity (Wildman–Crippen MR) is 139 cm³/mol. The molecule has 3 N–H and O–H groups in total. The summed E-state index contributed by atoms with van der Waals surface area (Å²) in [7, 11) is 1.50. The number of aliphatic hydroxyl groups is 3. The van der Waals surface area contributed by atoms with Gasteiger partial charge in [-0.2, -0.15) is 0 Å². The molecule has 222 valence electrons. The van der Waals surface area contributed by atoms with E-state index in [0.717, 1.165) is 0 Å². The number of carbonyl (C=O) groups is 3. The second-order valence-electron chi connectivity index (χ2n) is 13.6. The Labute approximate surface area is 234 Å². The average Bonchev–Trinajstić information content (AvgIpc) is 3.46. The summed E-state index contributed by atoms with van der Waals surface area (Å²) >= 11 is 0. The predicted octanol–water partition coefficient (Wildman–Crippen LogP) is 1.47. The molecule has 0 unspecified atom stereocenters. The van der Waals surface area contributed by atoms with E-state index in [-0.39, 0.29) is 36.9 Å². The Balaban J connectivity index is 1.26. The Morgan fingerprint density at radius 2 is 1.77 bits per heavy atom. The molecule has 40 heavy (non-hydrogen) atoms. The van der Waals surface area contributed by atoms with Gasteiger partial charge in [0.05, 0.1) is 29.3 Å². The molecule has 10 nitrogen and oxygen atoms in total. The fraction of sp³-hybridized carbons (Fsp3) is 0.833. The summed E-state index contributed by atoms with van der Waals surface area (Å²) < 4.78 is 22.4. The topological polar surface area (TPSA) is 149 Å². The monoisotopic (exact) mass is 562 g/mol. The molecule has 0 spiro atoms. The number of esters is 1. The van der Waals surface area contributed by atoms with Crippen molar-refractivity contribution in [3.8, 4) is 0 Å². The fourth-order valence-electron chi connectivity index (χ4n) is 9.74. The third kappa shape index (κ3) is 3.86. The summed E-state index contributed by atoms with van der Waals surface area (Å²) in [6, 6.07) is 0. The van der Waals surface area contributed by atoms with Crippen molar-refractivity contribution in [2.24, 2.45) is 34.5 Å². The van der Waals surface area contributed by atoms with E-state index in [1.807, 2.05) is 13.8 Å². The first-order chi connectivity index (χ1) is 18.8. The van der Waals surface area contributed by atoms with E-state index in [2.05, 4.69) is 0 Å². The van der Waals surface area contributed by atoms with E-state index in [1.165, 1.54) is 13.2 Å². The van der Waals surface area contributed by atoms with Crippen molar-refractivity contribution in [1.82, 2.24) is 0 Å². The van der Waals surface area contributed by atoms with Crippen LogP contribution in [0, 0.1) is 34.5 Å². The number of methoxy groups -OCH3 is 1. The molecule has 6 aliphatic rings. The first-order valence-corrected chi connectivity index (χ1v) is 14.7. The minimum atomic E-state index is -1.43. The molecule has 0 amide bonds. The third-order valence-electron chi connectivity index (χ3n) is 11.9. The molecule has 2 aliphatic heterocycles. The molecule has 4 saturated carbocycles. The summed E-state index contributed by atoms with van der Waals surface area (Å²) in [6.07, 6.45) is 0.309. The quantitative estimate of drug-likeness (QED) is 0.340. The number of carbonyl (C=O) groups excluding carboxylic acids is 3. The minimum Gasteiger partial charge on any atom is -0.458 e. The molecule has 0 aromatic carbocycles. The maximum Gasteiger partial charge on any atom is 0.331 e. The van der Waals surface area contributed by atoms with Crippen LogP contribution >= 0.6 is 0 Å². The van der Waals surface area contributed by atoms with Gasteiger partial charge in [0.25, 0.3) is 0 Å². The zero-order valence-corrected chi connectivity index (χ0v) is 23.7. The highest BCUT2D eigenvalue weighted by molar-refractivity contribution is 5.93. The van der Waals surface area contributed by atoms with Crippen molar-refractivity contribution in [2.45, 2.75) is 108 Å². The summed E-state index contributed by atoms with van der Waals surface area (Å²) in [5, 5.41) is 35.6. The Hall–Kier alpha value is -1.69. The molecule has 5 fully saturated rings. The molecule has 0 aromatic heterocycles. The first-order valence-electron chi connectivity index (χ1n) is 14.7. The maximum absolute atomic E-state index is 14.1. The third-order valence-corrected chi connectivity index (χ3v) is 11.9. The smallest absolute Gasteiger partial charge is 0.331 e. The zero-order valence-electron chi connectivity index (χ0n) is 23.7. The molecule has 0 radical (unpaired) electrons. The SMILES string of the molecule is CO[C@@H]1C[C@H](C)O[C@@H](O[C@H]2CC[C@]3(C)[C@H]4[C@H](O)C(=O)[C@]5(C)[C@@H](C6=CC(=O)OC6)CC[C@@]5(O)[C@@H]4C[C@H](O)[C@H]3C2)C1=O. The lowest BCUT2D eigenvalue weighted by Crippen LogP contribution is -2.72. The number of hydrogen-bond acceptors (Lipinski definition) is 10. The Kier molecular flexibility index (Phi) is 6.88. The van der Waals surface area contributed by atoms with Gasteiger partial charge in [-0.3, -0.25) is 9.59 Å². The molecule has 4 aliphatic carbocycles. The molecule has 13 atom stereocenters. The maximum atomic E-state index is 14.1. The van der Waals surface area contributed by atoms with Gasteiger partial charge >= 0.3 is 5.97 Å². The van der Waals surface area contributed by atoms with Crippen LogP contribution in [-0.4, -0.2) is 89.0 Å². The van der Waals surface area contributed by atoms with Crippen LogP contribution in [0.1, 0.15) is 65.7 Å². The van der Waals surface area contributed by atoms with Crippen LogP contribution < -0.4 is 0 Å². The van der Waals surface area contributed by atoms with Crippen molar-refractivity contribution < 1.29 is 48.7 Å². The number of rotatable bonds is 4. The van der Waals surface area contributed by atoms with Gasteiger partial charge in [0, 0.05) is 25.5 Å². The largest absolute Gasteiger partial charge is 0.458 e. The van der Waals surface area contributed by atoms with Gasteiger partial charge in [-0.1, -0.05) is 6.92 Å². The van der Waals surface area contributed by atoms with Gasteiger partial charge in [0.2, 0.25) is 12.1 Å². The van der Waals surface area contributed by atoms with Crippen molar-refractivity contribution in [1.29, 1.82) is 0 Å². The molecule has 0 aromatic rings. The minimum absolute atomic E-state index is 0.0908. The van der Waals surface area contributed by atoms with E-state index in [1.54, 1.807) is 6.92 Å². The van der Waals surface area contributed by atoms with Gasteiger partial charge < -0.3 is 34.3 Å². The molecule has 10 heteroatoms. The van der Waals surface area contributed by atoms with Crippen LogP contribution in [0.2, 0.25) is 0 Å². The number of fused-ring (bicyclic) bond motifs is 5. The van der Waals surface area contributed by atoms with E-state index < -0.39 is 70.5 Å². The Bertz CT molecular complexity index is 1120. The van der Waals surface area contributed by atoms with Crippen LogP contribution in [0.25, 0.3) is 0 Å². The van der Waals surface area contributed by atoms with Crippen molar-refractivity contribution in [3.05, 3.63) is 11.6 Å². The molecule has 6 rings (SSSR count). The number of cyclic esters (lactones) is 1. The van der Waals surface area contributed by atoms with Crippen LogP contribution in [0.5, 0.6) is 0 Å². The lowest BCUT2D eigenvalue weighted by Gasteiger charge is -2.65. The highest BCUT2D eigenvalue weighted by Gasteiger charge is 2.74. The summed E-state index contributed by atoms with van der Waals surface area (Å²) in [6.45, 7) is 5.70. The Morgan fingerprint density at radius 3 is 2.45 bits per heavy atom. The highest BCUT2D eigenvalue weighted by Crippen LogP contribution is 2.69. The van der Waals surface area contributed by atoms with Gasteiger partial charge in [0.15, 0.2) is 5.78 Å². The molecule has 0 bridgehead atoms. The van der Waals surface area contributed by atoms with Crippen LogP contribution in [0.3, 0.4) is 0 Å². The normalized spacial score (nSPS) is 52.5. The fourth-order valence-corrected chi connectivity index (χ4v) is 9.74. The number of Topliss-reactive ketones (excluding diaryl/α,β-unsaturated/α-hetero) is 2. The second kappa shape index (κ2) is 9.67. The lowest BCUT2D eigenvalue weighted by atomic mass is 9.41. The van der Waals surface area contributed by atoms with Gasteiger partial charge in [-0.15, -0.1) is 0 Å². The molecular weight excluding hydrogens is 520 g/mol. The van der Waals surface area contributed by atoms with E-state index in [9.17, 15) is 29.7 Å². The van der Waals surface area contributed by atoms with Crippen LogP contribution in [0.4, 0.5) is 0 Å². The van der Waals surface area contributed by atoms with E-state index in [0.29, 0.717) is 44.1 Å². The van der Waals surface area contributed by atoms with E-state index in [4.69, 9.17) is 18.9 Å². The summed E-state index contributed by atoms with van der Waals surface area (Å²) in [4.78, 5) is 38.7. The summed E-state index contributed by atoms with van der Waals surface area (Å²) in [5.74, 6) is -2.82. The number of hydrogen-bond donors (Lipinski definition) is 3. The highest BCUT2D eigenvalue weighted by atomic mass is 16.7. The van der Waals surface area contributed by atoms with E-state index >= 15 is 0 Å². The number of ether oxygens (including phenoxy) is 4.